The van der Waals surface area contributed by atoms with Crippen LogP contribution in [0.4, 0.5) is 30.7 Å². The van der Waals surface area contributed by atoms with E-state index in [-0.39, 0.29) is 52.5 Å². The van der Waals surface area contributed by atoms with Crippen LogP contribution in [-0.2, 0) is 15.2 Å². The molecule has 0 bridgehead atoms. The Hall–Kier alpha value is -3.45. The maximum Gasteiger partial charge on any atom is 0.435 e. The second-order valence-corrected chi connectivity index (χ2v) is 10.4. The van der Waals surface area contributed by atoms with Gasteiger partial charge in [0.1, 0.15) is 17.4 Å². The fraction of sp³-hybridized carbons (Fsp3) is 0.320. The van der Waals surface area contributed by atoms with E-state index in [1.807, 2.05) is 0 Å². The third-order valence-corrected chi connectivity index (χ3v) is 7.33. The van der Waals surface area contributed by atoms with Crippen LogP contribution in [0, 0.1) is 6.57 Å². The van der Waals surface area contributed by atoms with Gasteiger partial charge >= 0.3 is 23.7 Å². The molecule has 0 spiro atoms. The first-order valence-corrected chi connectivity index (χ1v) is 12.8. The van der Waals surface area contributed by atoms with Crippen LogP contribution in [0.5, 0.6) is 0 Å². The Balaban J connectivity index is 1.73. The van der Waals surface area contributed by atoms with Crippen molar-refractivity contribution in [2.75, 3.05) is 13.7 Å². The number of carbonyl (C=O) groups is 2. The largest absolute Gasteiger partial charge is 0.435 e. The molecule has 2 aromatic heterocycles. The quantitative estimate of drug-likeness (QED) is 0.151. The van der Waals surface area contributed by atoms with Crippen LogP contribution in [0.2, 0.25) is 15.2 Å². The molecular weight excluding hydrogens is 658 g/mol. The zero-order valence-corrected chi connectivity index (χ0v) is 23.6. The fourth-order valence-corrected chi connectivity index (χ4v) is 5.01. The molecule has 4 rings (SSSR count). The van der Waals surface area contributed by atoms with Gasteiger partial charge in [0.15, 0.2) is 0 Å². The first-order valence-electron chi connectivity index (χ1n) is 11.7. The summed E-state index contributed by atoms with van der Waals surface area (Å²) in [4.78, 5) is 34.2. The van der Waals surface area contributed by atoms with Gasteiger partial charge in [0.25, 0.3) is 11.8 Å². The molecule has 0 unspecified atom stereocenters. The van der Waals surface area contributed by atoms with Gasteiger partial charge in [-0.3, -0.25) is 14.4 Å². The SMILES string of the molecule is [C-]#[N+]C1(N(C(=O)COC)C(=O)c2cc(-c3cnn(-c4c(Cl)cc(C(F)(C(F)(F)F)C(F)(F)F)cc4Cl)c3)cnc2Cl)CC1. The highest BCUT2D eigenvalue weighted by atomic mass is 35.5. The minimum atomic E-state index is -6.38. The van der Waals surface area contributed by atoms with Gasteiger partial charge in [-0.1, -0.05) is 34.8 Å². The summed E-state index contributed by atoms with van der Waals surface area (Å²) >= 11 is 18.1. The first-order chi connectivity index (χ1) is 19.9. The lowest BCUT2D eigenvalue weighted by Gasteiger charge is -2.30. The fourth-order valence-electron chi connectivity index (χ4n) is 4.16. The van der Waals surface area contributed by atoms with Gasteiger partial charge < -0.3 is 4.74 Å². The van der Waals surface area contributed by atoms with Crippen molar-refractivity contribution in [3.8, 4) is 16.8 Å². The number of ether oxygens (including phenoxy) is 1. The highest BCUT2D eigenvalue weighted by Crippen LogP contribution is 2.54. The predicted octanol–water partition coefficient (Wildman–Crippen LogP) is 7.21. The van der Waals surface area contributed by atoms with Crippen molar-refractivity contribution in [3.63, 3.8) is 0 Å². The summed E-state index contributed by atoms with van der Waals surface area (Å²) in [5, 5.41) is 2.08. The van der Waals surface area contributed by atoms with Crippen LogP contribution in [0.25, 0.3) is 21.7 Å². The Kier molecular flexibility index (Phi) is 8.48. The van der Waals surface area contributed by atoms with Crippen molar-refractivity contribution in [3.05, 3.63) is 74.5 Å². The second-order valence-electron chi connectivity index (χ2n) is 9.24. The smallest absolute Gasteiger partial charge is 0.375 e. The molecule has 0 radical (unpaired) electrons. The van der Waals surface area contributed by atoms with Gasteiger partial charge in [-0.2, -0.15) is 31.4 Å². The minimum absolute atomic E-state index is 0.141. The van der Waals surface area contributed by atoms with E-state index in [9.17, 15) is 40.3 Å². The lowest BCUT2D eigenvalue weighted by molar-refractivity contribution is -0.348. The van der Waals surface area contributed by atoms with E-state index in [4.69, 9.17) is 46.1 Å². The molecule has 0 N–H and O–H groups in total. The summed E-state index contributed by atoms with van der Waals surface area (Å²) in [6.45, 7) is 6.97. The molecule has 2 amide bonds. The van der Waals surface area contributed by atoms with Gasteiger partial charge in [-0.15, -0.1) is 0 Å². The molecule has 1 aliphatic rings. The van der Waals surface area contributed by atoms with Crippen LogP contribution in [-0.4, -0.2) is 63.2 Å². The topological polar surface area (TPSA) is 81.7 Å². The molecule has 1 saturated carbocycles. The van der Waals surface area contributed by atoms with Crippen LogP contribution < -0.4 is 0 Å². The lowest BCUT2D eigenvalue weighted by Crippen LogP contribution is -2.50. The average molecular weight is 673 g/mol. The summed E-state index contributed by atoms with van der Waals surface area (Å²) in [5.74, 6) is -1.70. The van der Waals surface area contributed by atoms with Crippen LogP contribution in [0.1, 0.15) is 28.8 Å². The zero-order chi connectivity index (χ0) is 32.1. The molecular formula is C25H15Cl3F7N5O3. The minimum Gasteiger partial charge on any atom is -0.375 e. The summed E-state index contributed by atoms with van der Waals surface area (Å²) in [6.07, 6.45) is -8.72. The summed E-state index contributed by atoms with van der Waals surface area (Å²) < 4.78 is 99.6. The normalized spacial score (nSPS) is 14.7. The monoisotopic (exact) mass is 671 g/mol. The Bertz CT molecular complexity index is 1610. The summed E-state index contributed by atoms with van der Waals surface area (Å²) in [5.41, 5.74) is -9.33. The van der Waals surface area contributed by atoms with Crippen LogP contribution in [0.15, 0.2) is 36.8 Å². The van der Waals surface area contributed by atoms with Gasteiger partial charge in [-0.05, 0) is 18.2 Å². The molecule has 1 fully saturated rings. The van der Waals surface area contributed by atoms with Crippen molar-refractivity contribution >= 4 is 46.6 Å². The standard InChI is InChI=1S/C25H15Cl3F7N5O3/c1-36-22(3-4-22)40(18(41)11-43-2)21(42)15-5-12(8-37-20(15)28)13-9-38-39(10-13)19-16(26)6-14(7-17(19)27)23(29,24(30,31)32)25(33,34)35/h5-10H,3-4,11H2,2H3. The summed E-state index contributed by atoms with van der Waals surface area (Å²) in [7, 11) is 1.23. The number of carbonyl (C=O) groups excluding carboxylic acids is 2. The Labute approximate surface area is 252 Å². The van der Waals surface area contributed by atoms with Gasteiger partial charge in [-0.25, -0.2) is 25.5 Å². The Morgan fingerprint density at radius 3 is 2.09 bits per heavy atom. The number of hydrogen-bond donors (Lipinski definition) is 0. The van der Waals surface area contributed by atoms with Crippen molar-refractivity contribution < 1.29 is 45.1 Å². The third kappa shape index (κ3) is 5.64. The van der Waals surface area contributed by atoms with Crippen molar-refractivity contribution in [2.24, 2.45) is 0 Å². The van der Waals surface area contributed by atoms with E-state index in [2.05, 4.69) is 14.9 Å². The predicted molar refractivity (Wildman–Crippen MR) is 138 cm³/mol. The number of amides is 2. The number of benzene rings is 1. The third-order valence-electron chi connectivity index (χ3n) is 6.45. The number of alkyl halides is 7. The van der Waals surface area contributed by atoms with E-state index in [0.29, 0.717) is 0 Å². The molecule has 18 heteroatoms. The molecule has 1 aliphatic carbocycles. The molecule has 0 atom stereocenters. The van der Waals surface area contributed by atoms with Crippen molar-refractivity contribution in [1.82, 2.24) is 19.7 Å². The first kappa shape index (κ1) is 32.5. The highest BCUT2D eigenvalue weighted by molar-refractivity contribution is 6.38. The number of aromatic nitrogens is 3. The highest BCUT2D eigenvalue weighted by Gasteiger charge is 2.73. The molecule has 3 aromatic rings. The average Bonchev–Trinajstić information content (AvgIpc) is 3.54. The molecule has 0 saturated heterocycles. The molecule has 228 valence electrons. The zero-order valence-electron chi connectivity index (χ0n) is 21.3. The van der Waals surface area contributed by atoms with Crippen LogP contribution in [0.3, 0.4) is 0 Å². The second kappa shape index (κ2) is 11.2. The molecule has 2 heterocycles. The van der Waals surface area contributed by atoms with Gasteiger partial charge in [0, 0.05) is 36.2 Å². The number of halogens is 10. The maximum absolute atomic E-state index is 14.6. The Morgan fingerprint density at radius 1 is 1.02 bits per heavy atom. The maximum atomic E-state index is 14.6. The molecule has 0 aliphatic heterocycles. The van der Waals surface area contributed by atoms with Crippen molar-refractivity contribution in [2.45, 2.75) is 36.5 Å². The number of methoxy groups -OCH3 is 1. The number of imide groups is 1. The Morgan fingerprint density at radius 2 is 1.60 bits per heavy atom. The van der Waals surface area contributed by atoms with E-state index in [1.165, 1.54) is 31.8 Å². The molecule has 1 aromatic carbocycles. The number of nitrogens with zero attached hydrogens (tertiary/aromatic N) is 5. The van der Waals surface area contributed by atoms with Gasteiger partial charge in [0.2, 0.25) is 0 Å². The van der Waals surface area contributed by atoms with E-state index in [0.717, 1.165) is 9.58 Å². The molecule has 43 heavy (non-hydrogen) atoms. The van der Waals surface area contributed by atoms with E-state index < -0.39 is 57.7 Å². The van der Waals surface area contributed by atoms with Crippen molar-refractivity contribution in [1.29, 1.82) is 0 Å². The number of pyridine rings is 1. The number of rotatable bonds is 7. The molecule has 8 nitrogen and oxygen atoms in total. The lowest BCUT2D eigenvalue weighted by atomic mass is 9.94. The number of hydrogen-bond acceptors (Lipinski definition) is 5. The summed E-state index contributed by atoms with van der Waals surface area (Å²) in [6, 6.07) is 1.52. The van der Waals surface area contributed by atoms with Gasteiger partial charge in [0.05, 0.1) is 34.6 Å². The van der Waals surface area contributed by atoms with E-state index >= 15 is 0 Å². The van der Waals surface area contributed by atoms with Crippen LogP contribution >= 0.6 is 34.8 Å². The van der Waals surface area contributed by atoms with E-state index in [1.54, 1.807) is 0 Å².